The molecule has 20 heavy (non-hydrogen) atoms. The first-order valence-electron chi connectivity index (χ1n) is 6.39. The Labute approximate surface area is 132 Å². The highest BCUT2D eigenvalue weighted by Gasteiger charge is 2.22. The molecule has 0 aliphatic carbocycles. The molecule has 0 saturated heterocycles. The molecule has 108 valence electrons. The zero-order valence-corrected chi connectivity index (χ0v) is 13.8. The Kier molecular flexibility index (Phi) is 5.07. The Balaban J connectivity index is 2.49. The highest BCUT2D eigenvalue weighted by atomic mass is 79.9. The van der Waals surface area contributed by atoms with Gasteiger partial charge in [0.15, 0.2) is 5.75 Å². The van der Waals surface area contributed by atoms with Crippen molar-refractivity contribution in [3.05, 3.63) is 45.1 Å². The van der Waals surface area contributed by atoms with Crippen LogP contribution >= 0.6 is 27.5 Å². The highest BCUT2D eigenvalue weighted by Crippen LogP contribution is 2.35. The Morgan fingerprint density at radius 3 is 2.90 bits per heavy atom. The van der Waals surface area contributed by atoms with E-state index in [0.29, 0.717) is 10.8 Å². The van der Waals surface area contributed by atoms with E-state index in [1.165, 1.54) is 0 Å². The van der Waals surface area contributed by atoms with Crippen LogP contribution in [0.15, 0.2) is 28.9 Å². The topological polar surface area (TPSA) is 53.1 Å². The number of halogens is 2. The van der Waals surface area contributed by atoms with Crippen LogP contribution < -0.4 is 10.5 Å². The number of rotatable bonds is 5. The monoisotopic (exact) mass is 357 g/mol. The van der Waals surface area contributed by atoms with Gasteiger partial charge in [0.2, 0.25) is 0 Å². The number of hydrogen-bond acceptors (Lipinski definition) is 3. The molecule has 1 atom stereocenters. The minimum Gasteiger partial charge on any atom is -0.493 e. The lowest BCUT2D eigenvalue weighted by atomic mass is 10.0. The molecular formula is C14H17BrClN3O. The Morgan fingerprint density at radius 2 is 2.25 bits per heavy atom. The van der Waals surface area contributed by atoms with Crippen molar-refractivity contribution in [1.82, 2.24) is 9.78 Å². The van der Waals surface area contributed by atoms with Crippen LogP contribution in [0.5, 0.6) is 5.75 Å². The molecule has 1 aromatic carbocycles. The van der Waals surface area contributed by atoms with E-state index < -0.39 is 0 Å². The standard InChI is InChI=1S/C14H17BrClN3O/c1-3-7-19-14(11(20-2)8-18-19)13(17)9-5-4-6-10(15)12(9)16/h4-6,8,13H,3,7,17H2,1-2H3. The first kappa shape index (κ1) is 15.4. The van der Waals surface area contributed by atoms with E-state index in [1.54, 1.807) is 13.3 Å². The van der Waals surface area contributed by atoms with Crippen molar-refractivity contribution in [2.75, 3.05) is 7.11 Å². The molecule has 1 heterocycles. The minimum atomic E-state index is -0.385. The van der Waals surface area contributed by atoms with E-state index in [0.717, 1.165) is 28.7 Å². The number of methoxy groups -OCH3 is 1. The summed E-state index contributed by atoms with van der Waals surface area (Å²) in [7, 11) is 1.62. The molecule has 0 aliphatic heterocycles. The second-order valence-corrected chi connectivity index (χ2v) is 5.67. The first-order valence-corrected chi connectivity index (χ1v) is 7.56. The van der Waals surface area contributed by atoms with E-state index in [-0.39, 0.29) is 6.04 Å². The molecule has 0 bridgehead atoms. The van der Waals surface area contributed by atoms with Crippen LogP contribution in [-0.4, -0.2) is 16.9 Å². The van der Waals surface area contributed by atoms with Crippen LogP contribution in [0.1, 0.15) is 30.6 Å². The number of aromatic nitrogens is 2. The molecule has 0 amide bonds. The van der Waals surface area contributed by atoms with Crippen LogP contribution in [0.25, 0.3) is 0 Å². The summed E-state index contributed by atoms with van der Waals surface area (Å²) in [6.45, 7) is 2.88. The molecule has 1 unspecified atom stereocenters. The van der Waals surface area contributed by atoms with Gasteiger partial charge in [0.25, 0.3) is 0 Å². The maximum atomic E-state index is 6.39. The van der Waals surface area contributed by atoms with Gasteiger partial charge in [-0.3, -0.25) is 4.68 Å². The molecule has 6 heteroatoms. The van der Waals surface area contributed by atoms with Crippen LogP contribution in [0.2, 0.25) is 5.02 Å². The van der Waals surface area contributed by atoms with Gasteiger partial charge in [-0.15, -0.1) is 0 Å². The van der Waals surface area contributed by atoms with Gasteiger partial charge >= 0.3 is 0 Å². The molecule has 0 saturated carbocycles. The van der Waals surface area contributed by atoms with E-state index in [2.05, 4.69) is 28.0 Å². The molecule has 2 aromatic rings. The third kappa shape index (κ3) is 2.85. The smallest absolute Gasteiger partial charge is 0.161 e. The normalized spacial score (nSPS) is 12.4. The average Bonchev–Trinajstić information content (AvgIpc) is 2.84. The van der Waals surface area contributed by atoms with Crippen LogP contribution in [0, 0.1) is 0 Å². The predicted octanol–water partition coefficient (Wildman–Crippen LogP) is 3.77. The molecule has 4 nitrogen and oxygen atoms in total. The summed E-state index contributed by atoms with van der Waals surface area (Å²) >= 11 is 9.75. The summed E-state index contributed by atoms with van der Waals surface area (Å²) in [5, 5.41) is 4.95. The number of hydrogen-bond donors (Lipinski definition) is 1. The molecule has 0 spiro atoms. The SMILES string of the molecule is CCCn1ncc(OC)c1C(N)c1cccc(Br)c1Cl. The van der Waals surface area contributed by atoms with Gasteiger partial charge in [-0.1, -0.05) is 30.7 Å². The van der Waals surface area contributed by atoms with Gasteiger partial charge in [0, 0.05) is 11.0 Å². The summed E-state index contributed by atoms with van der Waals surface area (Å²) in [6, 6.07) is 5.33. The zero-order valence-electron chi connectivity index (χ0n) is 11.4. The van der Waals surface area contributed by atoms with Gasteiger partial charge in [0.05, 0.1) is 24.4 Å². The van der Waals surface area contributed by atoms with Crippen LogP contribution in [0.4, 0.5) is 0 Å². The fraction of sp³-hybridized carbons (Fsp3) is 0.357. The molecule has 2 rings (SSSR count). The fourth-order valence-corrected chi connectivity index (χ4v) is 2.77. The van der Waals surface area contributed by atoms with Crippen LogP contribution in [0.3, 0.4) is 0 Å². The van der Waals surface area contributed by atoms with E-state index in [4.69, 9.17) is 22.1 Å². The van der Waals surface area contributed by atoms with Crippen molar-refractivity contribution in [2.24, 2.45) is 5.73 Å². The molecular weight excluding hydrogens is 342 g/mol. The molecule has 0 fully saturated rings. The average molecular weight is 359 g/mol. The fourth-order valence-electron chi connectivity index (χ4n) is 2.15. The number of ether oxygens (including phenoxy) is 1. The highest BCUT2D eigenvalue weighted by molar-refractivity contribution is 9.10. The van der Waals surface area contributed by atoms with Crippen molar-refractivity contribution in [1.29, 1.82) is 0 Å². The van der Waals surface area contributed by atoms with Crippen molar-refractivity contribution < 1.29 is 4.74 Å². The lowest BCUT2D eigenvalue weighted by Gasteiger charge is -2.17. The van der Waals surface area contributed by atoms with Gasteiger partial charge in [-0.05, 0) is 34.0 Å². The predicted molar refractivity (Wildman–Crippen MR) is 84.3 cm³/mol. The molecule has 1 aromatic heterocycles. The van der Waals surface area contributed by atoms with Crippen molar-refractivity contribution >= 4 is 27.5 Å². The first-order chi connectivity index (χ1) is 9.60. The van der Waals surface area contributed by atoms with Crippen molar-refractivity contribution in [3.8, 4) is 5.75 Å². The largest absolute Gasteiger partial charge is 0.493 e. The van der Waals surface area contributed by atoms with E-state index in [1.807, 2.05) is 22.9 Å². The molecule has 2 N–H and O–H groups in total. The molecule has 0 aliphatic rings. The van der Waals surface area contributed by atoms with Crippen molar-refractivity contribution in [3.63, 3.8) is 0 Å². The third-order valence-corrected chi connectivity index (χ3v) is 4.42. The number of nitrogens with zero attached hydrogens (tertiary/aromatic N) is 2. The summed E-state index contributed by atoms with van der Waals surface area (Å²) in [6.07, 6.45) is 2.66. The van der Waals surface area contributed by atoms with Gasteiger partial charge in [0.1, 0.15) is 5.69 Å². The summed E-state index contributed by atoms with van der Waals surface area (Å²) < 4.78 is 8.07. The van der Waals surface area contributed by atoms with Crippen molar-refractivity contribution in [2.45, 2.75) is 25.9 Å². The lowest BCUT2D eigenvalue weighted by molar-refractivity contribution is 0.404. The van der Waals surface area contributed by atoms with Gasteiger partial charge in [-0.2, -0.15) is 5.10 Å². The second-order valence-electron chi connectivity index (χ2n) is 4.44. The summed E-state index contributed by atoms with van der Waals surface area (Å²) in [5.74, 6) is 0.682. The van der Waals surface area contributed by atoms with Crippen LogP contribution in [-0.2, 0) is 6.54 Å². The maximum absolute atomic E-state index is 6.39. The van der Waals surface area contributed by atoms with Gasteiger partial charge in [-0.25, -0.2) is 0 Å². The number of nitrogens with two attached hydrogens (primary N) is 1. The summed E-state index contributed by atoms with van der Waals surface area (Å²) in [5.41, 5.74) is 8.08. The quantitative estimate of drug-likeness (QED) is 0.885. The van der Waals surface area contributed by atoms with E-state index >= 15 is 0 Å². The Morgan fingerprint density at radius 1 is 1.50 bits per heavy atom. The number of aryl methyl sites for hydroxylation is 1. The van der Waals surface area contributed by atoms with E-state index in [9.17, 15) is 0 Å². The second kappa shape index (κ2) is 6.61. The lowest BCUT2D eigenvalue weighted by Crippen LogP contribution is -2.19. The minimum absolute atomic E-state index is 0.385. The number of benzene rings is 1. The zero-order chi connectivity index (χ0) is 14.7. The molecule has 0 radical (unpaired) electrons. The van der Waals surface area contributed by atoms with Gasteiger partial charge < -0.3 is 10.5 Å². The third-order valence-electron chi connectivity index (χ3n) is 3.11. The Bertz CT molecular complexity index is 600. The summed E-state index contributed by atoms with van der Waals surface area (Å²) in [4.78, 5) is 0. The Hall–Kier alpha value is -1.04. The maximum Gasteiger partial charge on any atom is 0.161 e.